The average molecular weight is 590 g/mol. The number of rotatable bonds is 10. The summed E-state index contributed by atoms with van der Waals surface area (Å²) in [5.41, 5.74) is -3.28. The van der Waals surface area contributed by atoms with Crippen LogP contribution in [0.1, 0.15) is 72.6 Å². The SMILES string of the molecule is CC(C)(CNC(=O)CCC(=O)OCC(=O)[C@]1(O)CC[C@H]2[C@@H]3CCC4=CC(=O)C=C[C@]4(C)[C@H]3[C@@H](O)C[C@@]21C)[C@@H](O)C(=O)O. The Kier molecular flexibility index (Phi) is 8.63. The molecule has 0 unspecified atom stereocenters. The van der Waals surface area contributed by atoms with Crippen molar-refractivity contribution in [2.75, 3.05) is 13.2 Å². The van der Waals surface area contributed by atoms with Gasteiger partial charge in [-0.3, -0.25) is 19.2 Å². The van der Waals surface area contributed by atoms with Gasteiger partial charge in [-0.2, -0.15) is 0 Å². The normalized spacial score (nSPS) is 36.2. The highest BCUT2D eigenvalue weighted by molar-refractivity contribution is 6.01. The summed E-state index contributed by atoms with van der Waals surface area (Å²) in [6.07, 6.45) is 4.50. The fraction of sp³-hybridized carbons (Fsp3) is 0.710. The summed E-state index contributed by atoms with van der Waals surface area (Å²) in [7, 11) is 0. The number of ether oxygens (including phenoxy) is 1. The summed E-state index contributed by atoms with van der Waals surface area (Å²) < 4.78 is 5.14. The Labute approximate surface area is 245 Å². The Bertz CT molecular complexity index is 1220. The lowest BCUT2D eigenvalue weighted by molar-refractivity contribution is -0.181. The van der Waals surface area contributed by atoms with E-state index in [1.165, 1.54) is 13.8 Å². The van der Waals surface area contributed by atoms with Gasteiger partial charge < -0.3 is 30.5 Å². The van der Waals surface area contributed by atoms with Gasteiger partial charge in [-0.15, -0.1) is 0 Å². The first-order valence-electron chi connectivity index (χ1n) is 14.7. The van der Waals surface area contributed by atoms with Crippen molar-refractivity contribution in [3.8, 4) is 0 Å². The molecule has 232 valence electrons. The molecule has 0 aromatic rings. The molecule has 0 aromatic heterocycles. The number of nitrogens with one attached hydrogen (secondary N) is 1. The van der Waals surface area contributed by atoms with E-state index in [4.69, 9.17) is 9.84 Å². The molecule has 0 heterocycles. The molecule has 0 saturated heterocycles. The number of aliphatic hydroxyl groups is 3. The first-order valence-corrected chi connectivity index (χ1v) is 14.7. The van der Waals surface area contributed by atoms with Crippen LogP contribution in [0.5, 0.6) is 0 Å². The van der Waals surface area contributed by atoms with E-state index < -0.39 is 64.3 Å². The zero-order valence-corrected chi connectivity index (χ0v) is 24.7. The predicted octanol–water partition coefficient (Wildman–Crippen LogP) is 1.48. The van der Waals surface area contributed by atoms with Gasteiger partial charge in [-0.25, -0.2) is 4.79 Å². The first kappa shape index (κ1) is 32.0. The van der Waals surface area contributed by atoms with E-state index in [1.807, 2.05) is 13.0 Å². The third kappa shape index (κ3) is 5.46. The number of carboxylic acids is 1. The highest BCUT2D eigenvalue weighted by Gasteiger charge is 2.68. The Hall–Kier alpha value is -2.89. The maximum Gasteiger partial charge on any atom is 0.333 e. The second-order valence-corrected chi connectivity index (χ2v) is 13.7. The van der Waals surface area contributed by atoms with Crippen molar-refractivity contribution in [2.24, 2.45) is 34.0 Å². The Morgan fingerprint density at radius 3 is 2.52 bits per heavy atom. The molecule has 3 saturated carbocycles. The van der Waals surface area contributed by atoms with Crippen LogP contribution in [0.3, 0.4) is 0 Å². The van der Waals surface area contributed by atoms with E-state index in [2.05, 4.69) is 12.2 Å². The van der Waals surface area contributed by atoms with Gasteiger partial charge in [-0.1, -0.05) is 39.3 Å². The summed E-state index contributed by atoms with van der Waals surface area (Å²) in [6, 6.07) is 0. The Morgan fingerprint density at radius 1 is 1.17 bits per heavy atom. The van der Waals surface area contributed by atoms with Crippen LogP contribution in [0.25, 0.3) is 0 Å². The fourth-order valence-corrected chi connectivity index (χ4v) is 8.19. The van der Waals surface area contributed by atoms with Crippen molar-refractivity contribution in [2.45, 2.75) is 90.4 Å². The number of carboxylic acid groups (broad SMARTS) is 1. The minimum Gasteiger partial charge on any atom is -0.479 e. The van der Waals surface area contributed by atoms with Crippen molar-refractivity contribution in [3.05, 3.63) is 23.8 Å². The lowest BCUT2D eigenvalue weighted by Gasteiger charge is -2.59. The molecule has 5 N–H and O–H groups in total. The summed E-state index contributed by atoms with van der Waals surface area (Å²) >= 11 is 0. The van der Waals surface area contributed by atoms with Gasteiger partial charge in [0.2, 0.25) is 11.7 Å². The lowest BCUT2D eigenvalue weighted by atomic mass is 9.46. The quantitative estimate of drug-likeness (QED) is 0.234. The number of aliphatic carboxylic acids is 1. The van der Waals surface area contributed by atoms with Gasteiger partial charge in [-0.05, 0) is 56.1 Å². The summed E-state index contributed by atoms with van der Waals surface area (Å²) in [6.45, 7) is 6.07. The number of carbonyl (C=O) groups excluding carboxylic acids is 4. The molecule has 42 heavy (non-hydrogen) atoms. The number of hydrogen-bond acceptors (Lipinski definition) is 9. The van der Waals surface area contributed by atoms with E-state index in [0.29, 0.717) is 12.8 Å². The van der Waals surface area contributed by atoms with Gasteiger partial charge in [0.05, 0.1) is 12.5 Å². The molecular formula is C31H43NO10. The third-order valence-corrected chi connectivity index (χ3v) is 10.7. The van der Waals surface area contributed by atoms with E-state index in [0.717, 1.165) is 12.0 Å². The zero-order valence-electron chi connectivity index (χ0n) is 24.7. The molecule has 1 amide bonds. The molecular weight excluding hydrogens is 546 g/mol. The van der Waals surface area contributed by atoms with Crippen molar-refractivity contribution in [1.82, 2.24) is 5.32 Å². The van der Waals surface area contributed by atoms with Crippen molar-refractivity contribution >= 4 is 29.4 Å². The number of esters is 1. The molecule has 0 bridgehead atoms. The van der Waals surface area contributed by atoms with Crippen LogP contribution in [0.4, 0.5) is 0 Å². The summed E-state index contributed by atoms with van der Waals surface area (Å²) in [5.74, 6) is -3.57. The largest absolute Gasteiger partial charge is 0.479 e. The standard InChI is InChI=1S/C31H43NO10/c1-28(2,26(38)27(39)40)16-32-23(36)7-8-24(37)42-15-22(35)31(41)12-10-20-19-6-5-17-13-18(33)9-11-29(17,3)25(19)21(34)14-30(20,31)4/h9,11,13,19-21,25-26,34,38,41H,5-8,10,12,14-16H2,1-4H3,(H,32,36)(H,39,40)/t19-,20-,21-,25+,26-,29-,30-,31+/m0/s1. The predicted molar refractivity (Wildman–Crippen MR) is 149 cm³/mol. The fourth-order valence-electron chi connectivity index (χ4n) is 8.19. The van der Waals surface area contributed by atoms with Gasteiger partial charge in [0.25, 0.3) is 0 Å². The van der Waals surface area contributed by atoms with E-state index >= 15 is 0 Å². The van der Waals surface area contributed by atoms with Crippen LogP contribution in [0, 0.1) is 34.0 Å². The number of hydrogen-bond donors (Lipinski definition) is 5. The monoisotopic (exact) mass is 589 g/mol. The number of aliphatic hydroxyl groups excluding tert-OH is 2. The molecule has 0 spiro atoms. The maximum atomic E-state index is 13.4. The minimum atomic E-state index is -1.78. The number of Topliss-reactive ketones (excluding diaryl/α,β-unsaturated/α-hetero) is 1. The average Bonchev–Trinajstić information content (AvgIpc) is 3.19. The molecule has 4 aliphatic carbocycles. The molecule has 0 aliphatic heterocycles. The lowest BCUT2D eigenvalue weighted by Crippen LogP contribution is -2.61. The first-order chi connectivity index (χ1) is 19.5. The molecule has 3 fully saturated rings. The van der Waals surface area contributed by atoms with Crippen LogP contribution in [0.15, 0.2) is 23.8 Å². The highest BCUT2D eigenvalue weighted by Crippen LogP contribution is 2.67. The van der Waals surface area contributed by atoms with Crippen LogP contribution < -0.4 is 5.32 Å². The van der Waals surface area contributed by atoms with Crippen LogP contribution >= 0.6 is 0 Å². The van der Waals surface area contributed by atoms with E-state index in [9.17, 15) is 39.3 Å². The van der Waals surface area contributed by atoms with Crippen molar-refractivity contribution in [3.63, 3.8) is 0 Å². The van der Waals surface area contributed by atoms with Crippen molar-refractivity contribution in [1.29, 1.82) is 0 Å². The number of amides is 1. The second kappa shape index (κ2) is 11.3. The second-order valence-electron chi connectivity index (χ2n) is 13.7. The smallest absolute Gasteiger partial charge is 0.333 e. The van der Waals surface area contributed by atoms with Crippen molar-refractivity contribution < 1.29 is 49.1 Å². The number of ketones is 2. The number of allylic oxidation sites excluding steroid dienone is 4. The third-order valence-electron chi connectivity index (χ3n) is 10.7. The Morgan fingerprint density at radius 2 is 1.86 bits per heavy atom. The van der Waals surface area contributed by atoms with Crippen LogP contribution in [0.2, 0.25) is 0 Å². The van der Waals surface area contributed by atoms with Gasteiger partial charge in [0, 0.05) is 35.1 Å². The molecule has 4 rings (SSSR count). The van der Waals surface area contributed by atoms with E-state index in [-0.39, 0.29) is 55.8 Å². The number of carbonyl (C=O) groups is 5. The molecule has 0 radical (unpaired) electrons. The topological polar surface area (TPSA) is 188 Å². The molecule has 4 aliphatic rings. The zero-order chi connectivity index (χ0) is 31.3. The molecule has 11 nitrogen and oxygen atoms in total. The number of fused-ring (bicyclic) bond motifs is 5. The van der Waals surface area contributed by atoms with Gasteiger partial charge in [0.1, 0.15) is 5.60 Å². The summed E-state index contributed by atoms with van der Waals surface area (Å²) in [5, 5.41) is 44.4. The van der Waals surface area contributed by atoms with Crippen LogP contribution in [-0.4, -0.2) is 80.8 Å². The van der Waals surface area contributed by atoms with Gasteiger partial charge >= 0.3 is 11.9 Å². The molecule has 0 aromatic carbocycles. The highest BCUT2D eigenvalue weighted by atomic mass is 16.5. The summed E-state index contributed by atoms with van der Waals surface area (Å²) in [4.78, 5) is 60.9. The Balaban J connectivity index is 1.33. The van der Waals surface area contributed by atoms with Crippen LogP contribution in [-0.2, 0) is 28.7 Å². The molecule has 11 heteroatoms. The minimum absolute atomic E-state index is 0.0347. The van der Waals surface area contributed by atoms with Gasteiger partial charge in [0.15, 0.2) is 18.5 Å². The van der Waals surface area contributed by atoms with E-state index in [1.54, 1.807) is 12.2 Å². The maximum absolute atomic E-state index is 13.4. The molecule has 8 atom stereocenters.